The summed E-state index contributed by atoms with van der Waals surface area (Å²) in [6.07, 6.45) is 6.16. The second kappa shape index (κ2) is 9.35. The van der Waals surface area contributed by atoms with Crippen molar-refractivity contribution in [2.75, 3.05) is 26.2 Å². The van der Waals surface area contributed by atoms with Crippen LogP contribution in [-0.4, -0.2) is 57.2 Å². The summed E-state index contributed by atoms with van der Waals surface area (Å²) in [6.45, 7) is 9.08. The van der Waals surface area contributed by atoms with E-state index >= 15 is 0 Å². The third-order valence-corrected chi connectivity index (χ3v) is 5.15. The summed E-state index contributed by atoms with van der Waals surface area (Å²) in [5.41, 5.74) is 1.19. The van der Waals surface area contributed by atoms with Crippen molar-refractivity contribution in [3.05, 3.63) is 41.4 Å². The van der Waals surface area contributed by atoms with E-state index in [-0.39, 0.29) is 6.61 Å². The Hall–Kier alpha value is -1.63. The molecule has 0 aliphatic carbocycles. The molecule has 26 heavy (non-hydrogen) atoms. The molecular weight excluding hydrogens is 328 g/mol. The van der Waals surface area contributed by atoms with Gasteiger partial charge in [-0.15, -0.1) is 0 Å². The minimum atomic E-state index is 0.220. The van der Waals surface area contributed by atoms with Gasteiger partial charge in [0.05, 0.1) is 6.54 Å². The normalized spacial score (nSPS) is 19.3. The molecule has 0 bridgehead atoms. The molecule has 2 N–H and O–H groups in total. The van der Waals surface area contributed by atoms with Crippen LogP contribution in [0.5, 0.6) is 0 Å². The Morgan fingerprint density at radius 2 is 2.19 bits per heavy atom. The van der Waals surface area contributed by atoms with E-state index in [1.807, 2.05) is 19.2 Å². The number of unbranched alkanes of at least 4 members (excludes halogenated alkanes) is 1. The maximum Gasteiger partial charge on any atom is 0.118 e. The minimum Gasteiger partial charge on any atom is -0.465 e. The number of hydrogen-bond donors (Lipinski definition) is 2. The number of hydrogen-bond acceptors (Lipinski definition) is 5. The fourth-order valence-corrected chi connectivity index (χ4v) is 3.70. The quantitative estimate of drug-likeness (QED) is 0.720. The molecule has 1 aliphatic heterocycles. The fraction of sp³-hybridized carbons (Fsp3) is 0.650. The van der Waals surface area contributed by atoms with Gasteiger partial charge in [-0.25, -0.2) is 4.98 Å². The Labute approximate surface area is 156 Å². The highest BCUT2D eigenvalue weighted by molar-refractivity contribution is 5.06. The van der Waals surface area contributed by atoms with Crippen molar-refractivity contribution < 1.29 is 9.52 Å². The highest BCUT2D eigenvalue weighted by Gasteiger charge is 2.27. The van der Waals surface area contributed by atoms with Gasteiger partial charge >= 0.3 is 0 Å². The number of aromatic nitrogens is 2. The van der Waals surface area contributed by atoms with Crippen LogP contribution in [0.25, 0.3) is 0 Å². The molecule has 1 fully saturated rings. The maximum atomic E-state index is 9.48. The summed E-state index contributed by atoms with van der Waals surface area (Å²) in [7, 11) is 0. The molecule has 3 heterocycles. The molecule has 0 radical (unpaired) electrons. The first-order chi connectivity index (χ1) is 12.7. The van der Waals surface area contributed by atoms with Crippen molar-refractivity contribution in [3.8, 4) is 0 Å². The van der Waals surface area contributed by atoms with Gasteiger partial charge in [0.2, 0.25) is 0 Å². The van der Waals surface area contributed by atoms with Gasteiger partial charge in [-0.3, -0.25) is 9.80 Å². The number of imidazole rings is 1. The molecule has 1 saturated heterocycles. The Morgan fingerprint density at radius 1 is 1.31 bits per heavy atom. The van der Waals surface area contributed by atoms with Gasteiger partial charge in [0.15, 0.2) is 0 Å². The first-order valence-corrected chi connectivity index (χ1v) is 9.83. The number of H-pyrrole nitrogens is 1. The third kappa shape index (κ3) is 5.19. The van der Waals surface area contributed by atoms with Crippen molar-refractivity contribution in [1.29, 1.82) is 0 Å². The van der Waals surface area contributed by atoms with Gasteiger partial charge in [0.1, 0.15) is 17.3 Å². The molecule has 0 spiro atoms. The van der Waals surface area contributed by atoms with Gasteiger partial charge < -0.3 is 14.5 Å². The molecule has 3 rings (SSSR count). The Kier molecular flexibility index (Phi) is 6.88. The van der Waals surface area contributed by atoms with Crippen LogP contribution in [0, 0.1) is 6.92 Å². The van der Waals surface area contributed by atoms with Crippen LogP contribution in [0.4, 0.5) is 0 Å². The predicted molar refractivity (Wildman–Crippen MR) is 102 cm³/mol. The lowest BCUT2D eigenvalue weighted by molar-refractivity contribution is 0.0449. The number of furan rings is 1. The fourth-order valence-electron chi connectivity index (χ4n) is 3.70. The molecule has 1 unspecified atom stereocenters. The van der Waals surface area contributed by atoms with Crippen LogP contribution in [0.3, 0.4) is 0 Å². The Morgan fingerprint density at radius 3 is 2.92 bits per heavy atom. The lowest BCUT2D eigenvalue weighted by Gasteiger charge is -2.40. The molecule has 6 nitrogen and oxygen atoms in total. The largest absolute Gasteiger partial charge is 0.465 e. The lowest BCUT2D eigenvalue weighted by Crippen LogP contribution is -2.52. The molecular formula is C20H32N4O2. The van der Waals surface area contributed by atoms with E-state index in [2.05, 4.69) is 32.8 Å². The minimum absolute atomic E-state index is 0.220. The highest BCUT2D eigenvalue weighted by atomic mass is 16.3. The van der Waals surface area contributed by atoms with Crippen LogP contribution in [-0.2, 0) is 19.5 Å². The van der Waals surface area contributed by atoms with Crippen LogP contribution in [0.1, 0.15) is 49.2 Å². The third-order valence-electron chi connectivity index (χ3n) is 5.15. The number of aromatic amines is 1. The van der Waals surface area contributed by atoms with E-state index in [9.17, 15) is 5.11 Å². The van der Waals surface area contributed by atoms with Crippen LogP contribution >= 0.6 is 0 Å². The zero-order valence-electron chi connectivity index (χ0n) is 16.1. The Balaban J connectivity index is 1.55. The monoisotopic (exact) mass is 360 g/mol. The smallest absolute Gasteiger partial charge is 0.118 e. The van der Waals surface area contributed by atoms with Crippen LogP contribution < -0.4 is 0 Å². The van der Waals surface area contributed by atoms with E-state index < -0.39 is 0 Å². The summed E-state index contributed by atoms with van der Waals surface area (Å²) in [4.78, 5) is 12.9. The molecule has 1 aliphatic rings. The van der Waals surface area contributed by atoms with E-state index in [0.29, 0.717) is 6.04 Å². The average Bonchev–Trinajstić information content (AvgIpc) is 3.24. The summed E-state index contributed by atoms with van der Waals surface area (Å²) >= 11 is 0. The summed E-state index contributed by atoms with van der Waals surface area (Å²) < 4.78 is 5.74. The molecule has 2 aromatic rings. The summed E-state index contributed by atoms with van der Waals surface area (Å²) in [5.74, 6) is 3.06. The topological polar surface area (TPSA) is 68.5 Å². The van der Waals surface area contributed by atoms with Crippen molar-refractivity contribution in [1.82, 2.24) is 19.8 Å². The van der Waals surface area contributed by atoms with E-state index in [1.165, 1.54) is 18.5 Å². The molecule has 6 heteroatoms. The van der Waals surface area contributed by atoms with Crippen LogP contribution in [0.15, 0.2) is 22.7 Å². The molecule has 0 aromatic carbocycles. The van der Waals surface area contributed by atoms with Crippen molar-refractivity contribution in [2.24, 2.45) is 0 Å². The first kappa shape index (κ1) is 19.1. The molecule has 0 saturated carbocycles. The molecule has 144 valence electrons. The number of nitrogens with one attached hydrogen (secondary N) is 1. The van der Waals surface area contributed by atoms with E-state index in [1.54, 1.807) is 0 Å². The number of piperazine rings is 1. The van der Waals surface area contributed by atoms with Crippen molar-refractivity contribution >= 4 is 0 Å². The van der Waals surface area contributed by atoms with Gasteiger partial charge in [-0.05, 0) is 31.9 Å². The van der Waals surface area contributed by atoms with Gasteiger partial charge in [0.25, 0.3) is 0 Å². The van der Waals surface area contributed by atoms with E-state index in [4.69, 9.17) is 4.42 Å². The van der Waals surface area contributed by atoms with Crippen molar-refractivity contribution in [2.45, 2.75) is 58.7 Å². The standard InChI is InChI=1S/C20H32N4O2/c1-3-4-5-20-21-12-17(22-20)13-23-9-10-24(18(14-23)8-11-25)15-19-7-6-16(2)26-19/h6-7,12,18,25H,3-5,8-11,13-15H2,1-2H3,(H,21,22). The lowest BCUT2D eigenvalue weighted by atomic mass is 10.1. The van der Waals surface area contributed by atoms with Gasteiger partial charge in [-0.2, -0.15) is 0 Å². The summed E-state index contributed by atoms with van der Waals surface area (Å²) in [5, 5.41) is 9.48. The molecule has 1 atom stereocenters. The number of aliphatic hydroxyl groups excluding tert-OH is 1. The first-order valence-electron chi connectivity index (χ1n) is 9.83. The van der Waals surface area contributed by atoms with Crippen molar-refractivity contribution in [3.63, 3.8) is 0 Å². The molecule has 0 amide bonds. The van der Waals surface area contributed by atoms with Crippen LogP contribution in [0.2, 0.25) is 0 Å². The number of rotatable bonds is 9. The number of nitrogens with zero attached hydrogens (tertiary/aromatic N) is 3. The van der Waals surface area contributed by atoms with Gasteiger partial charge in [0, 0.05) is 57.1 Å². The van der Waals surface area contributed by atoms with E-state index in [0.717, 1.165) is 62.9 Å². The maximum absolute atomic E-state index is 9.48. The molecule has 2 aromatic heterocycles. The Bertz CT molecular complexity index is 666. The average molecular weight is 361 g/mol. The predicted octanol–water partition coefficient (Wildman–Crippen LogP) is 2.72. The number of aryl methyl sites for hydroxylation is 2. The second-order valence-corrected chi connectivity index (χ2v) is 7.34. The zero-order valence-corrected chi connectivity index (χ0v) is 16.1. The highest BCUT2D eigenvalue weighted by Crippen LogP contribution is 2.19. The SMILES string of the molecule is CCCCc1ncc(CN2CCN(Cc3ccc(C)o3)C(CCO)C2)[nH]1. The number of aliphatic hydroxyl groups is 1. The van der Waals surface area contributed by atoms with Gasteiger partial charge in [-0.1, -0.05) is 13.3 Å². The second-order valence-electron chi connectivity index (χ2n) is 7.34. The zero-order chi connectivity index (χ0) is 18.4. The summed E-state index contributed by atoms with van der Waals surface area (Å²) in [6, 6.07) is 4.42.